The Balaban J connectivity index is 1.87. The van der Waals surface area contributed by atoms with Crippen molar-refractivity contribution in [3.63, 3.8) is 0 Å². The molecule has 0 saturated carbocycles. The highest BCUT2D eigenvalue weighted by Gasteiger charge is 2.21. The second-order valence-corrected chi connectivity index (χ2v) is 5.21. The van der Waals surface area contributed by atoms with Gasteiger partial charge in [-0.05, 0) is 31.5 Å². The normalized spacial score (nSPS) is 19.9. The molecule has 1 saturated heterocycles. The Hall–Kier alpha value is -1.39. The van der Waals surface area contributed by atoms with Crippen LogP contribution >= 0.6 is 11.6 Å². The highest BCUT2D eigenvalue weighted by molar-refractivity contribution is 6.33. The van der Waals surface area contributed by atoms with Gasteiger partial charge in [0.1, 0.15) is 6.29 Å². The van der Waals surface area contributed by atoms with Crippen LogP contribution < -0.4 is 5.32 Å². The zero-order valence-corrected chi connectivity index (χ0v) is 11.4. The van der Waals surface area contributed by atoms with Crippen LogP contribution in [-0.2, 0) is 9.59 Å². The van der Waals surface area contributed by atoms with Crippen LogP contribution in [0, 0.1) is 5.92 Å². The maximum Gasteiger partial charge on any atom is 0.238 e. The first-order valence-corrected chi connectivity index (χ1v) is 6.79. The van der Waals surface area contributed by atoms with Crippen molar-refractivity contribution in [2.45, 2.75) is 12.8 Å². The monoisotopic (exact) mass is 280 g/mol. The number of para-hydroxylation sites is 1. The van der Waals surface area contributed by atoms with E-state index in [1.54, 1.807) is 12.1 Å². The molecule has 1 unspecified atom stereocenters. The van der Waals surface area contributed by atoms with Crippen molar-refractivity contribution in [2.24, 2.45) is 5.92 Å². The Labute approximate surface area is 117 Å². The molecule has 1 N–H and O–H groups in total. The number of aldehydes is 1. The lowest BCUT2D eigenvalue weighted by molar-refractivity contribution is -0.119. The van der Waals surface area contributed by atoms with Gasteiger partial charge in [0.2, 0.25) is 5.91 Å². The van der Waals surface area contributed by atoms with Crippen LogP contribution in [0.2, 0.25) is 5.02 Å². The summed E-state index contributed by atoms with van der Waals surface area (Å²) in [6.07, 6.45) is 2.87. The van der Waals surface area contributed by atoms with Gasteiger partial charge in [0, 0.05) is 12.5 Å². The lowest BCUT2D eigenvalue weighted by Gasteiger charge is -2.29. The summed E-state index contributed by atoms with van der Waals surface area (Å²) in [6, 6.07) is 7.15. The average Bonchev–Trinajstić information content (AvgIpc) is 2.41. The summed E-state index contributed by atoms with van der Waals surface area (Å²) >= 11 is 5.98. The number of benzene rings is 1. The molecule has 1 aliphatic rings. The van der Waals surface area contributed by atoms with Crippen LogP contribution in [0.15, 0.2) is 24.3 Å². The van der Waals surface area contributed by atoms with Crippen molar-refractivity contribution in [2.75, 3.05) is 25.0 Å². The smallest absolute Gasteiger partial charge is 0.238 e. The van der Waals surface area contributed by atoms with Crippen LogP contribution in [0.5, 0.6) is 0 Å². The fourth-order valence-electron chi connectivity index (χ4n) is 2.30. The number of carbonyl (C=O) groups excluding carboxylic acids is 2. The number of amides is 1. The minimum Gasteiger partial charge on any atom is -0.324 e. The molecule has 0 aliphatic carbocycles. The van der Waals surface area contributed by atoms with E-state index < -0.39 is 0 Å². The minimum absolute atomic E-state index is 0.0573. The van der Waals surface area contributed by atoms with Crippen molar-refractivity contribution < 1.29 is 9.59 Å². The highest BCUT2D eigenvalue weighted by atomic mass is 35.5. The standard InChI is InChI=1S/C14H17ClN2O2/c15-12-5-1-2-6-13(12)16-14(19)9-17-7-3-4-11(8-17)10-18/h1-2,5-6,10-11H,3-4,7-9H2,(H,16,19). The Kier molecular flexibility index (Phi) is 4.93. The third-order valence-corrected chi connectivity index (χ3v) is 3.58. The van der Waals surface area contributed by atoms with E-state index in [0.29, 0.717) is 23.8 Å². The molecule has 4 nitrogen and oxygen atoms in total. The van der Waals surface area contributed by atoms with Crippen molar-refractivity contribution in [1.29, 1.82) is 0 Å². The van der Waals surface area contributed by atoms with E-state index in [4.69, 9.17) is 11.6 Å². The Bertz CT molecular complexity index is 465. The molecule has 5 heteroatoms. The van der Waals surface area contributed by atoms with E-state index in [9.17, 15) is 9.59 Å². The van der Waals surface area contributed by atoms with E-state index in [2.05, 4.69) is 5.32 Å². The molecule has 1 fully saturated rings. The zero-order valence-electron chi connectivity index (χ0n) is 10.6. The molecular weight excluding hydrogens is 264 g/mol. The summed E-state index contributed by atoms with van der Waals surface area (Å²) in [5.74, 6) is -0.0403. The second kappa shape index (κ2) is 6.68. The average molecular weight is 281 g/mol. The molecule has 0 spiro atoms. The van der Waals surface area contributed by atoms with Gasteiger partial charge in [0.05, 0.1) is 17.3 Å². The zero-order chi connectivity index (χ0) is 13.7. The fraction of sp³-hybridized carbons (Fsp3) is 0.429. The summed E-state index contributed by atoms with van der Waals surface area (Å²) in [5.41, 5.74) is 0.623. The SMILES string of the molecule is O=CC1CCCN(CC(=O)Nc2ccccc2Cl)C1. The predicted octanol–water partition coefficient (Wildman–Crippen LogP) is 2.19. The van der Waals surface area contributed by atoms with Gasteiger partial charge >= 0.3 is 0 Å². The van der Waals surface area contributed by atoms with E-state index in [0.717, 1.165) is 25.7 Å². The molecule has 1 atom stereocenters. The number of carbonyl (C=O) groups is 2. The van der Waals surface area contributed by atoms with Gasteiger partial charge in [-0.2, -0.15) is 0 Å². The number of nitrogens with one attached hydrogen (secondary N) is 1. The van der Waals surface area contributed by atoms with Crippen molar-refractivity contribution in [1.82, 2.24) is 4.90 Å². The Morgan fingerprint density at radius 1 is 1.47 bits per heavy atom. The van der Waals surface area contributed by atoms with E-state index in [1.165, 1.54) is 0 Å². The number of likely N-dealkylation sites (tertiary alicyclic amines) is 1. The number of anilines is 1. The molecule has 1 aliphatic heterocycles. The first-order chi connectivity index (χ1) is 9.19. The predicted molar refractivity (Wildman–Crippen MR) is 75.3 cm³/mol. The van der Waals surface area contributed by atoms with Crippen molar-refractivity contribution >= 4 is 29.5 Å². The van der Waals surface area contributed by atoms with Gasteiger partial charge < -0.3 is 10.1 Å². The molecule has 102 valence electrons. The van der Waals surface area contributed by atoms with Crippen LogP contribution in [-0.4, -0.2) is 36.7 Å². The summed E-state index contributed by atoms with van der Waals surface area (Å²) in [6.45, 7) is 1.83. The fourth-order valence-corrected chi connectivity index (χ4v) is 2.48. The van der Waals surface area contributed by atoms with E-state index in [-0.39, 0.29) is 11.8 Å². The van der Waals surface area contributed by atoms with Gasteiger partial charge in [-0.1, -0.05) is 23.7 Å². The highest BCUT2D eigenvalue weighted by Crippen LogP contribution is 2.20. The summed E-state index contributed by atoms with van der Waals surface area (Å²) in [4.78, 5) is 24.7. The molecule has 19 heavy (non-hydrogen) atoms. The number of hydrogen-bond acceptors (Lipinski definition) is 3. The molecule has 1 aromatic rings. The molecule has 0 radical (unpaired) electrons. The molecular formula is C14H17ClN2O2. The lowest BCUT2D eigenvalue weighted by Crippen LogP contribution is -2.40. The molecule has 0 bridgehead atoms. The summed E-state index contributed by atoms with van der Waals surface area (Å²) in [5, 5.41) is 3.32. The quantitative estimate of drug-likeness (QED) is 0.860. The summed E-state index contributed by atoms with van der Waals surface area (Å²) in [7, 11) is 0. The van der Waals surface area contributed by atoms with Gasteiger partial charge in [-0.3, -0.25) is 9.69 Å². The van der Waals surface area contributed by atoms with Crippen molar-refractivity contribution in [3.05, 3.63) is 29.3 Å². The van der Waals surface area contributed by atoms with Gasteiger partial charge in [0.15, 0.2) is 0 Å². The van der Waals surface area contributed by atoms with Crippen LogP contribution in [0.1, 0.15) is 12.8 Å². The molecule has 0 aromatic heterocycles. The maximum atomic E-state index is 11.9. The van der Waals surface area contributed by atoms with Crippen LogP contribution in [0.3, 0.4) is 0 Å². The largest absolute Gasteiger partial charge is 0.324 e. The van der Waals surface area contributed by atoms with Crippen LogP contribution in [0.4, 0.5) is 5.69 Å². The van der Waals surface area contributed by atoms with Gasteiger partial charge in [-0.25, -0.2) is 0 Å². The topological polar surface area (TPSA) is 49.4 Å². The number of piperidine rings is 1. The number of halogens is 1. The Morgan fingerprint density at radius 3 is 3.00 bits per heavy atom. The first-order valence-electron chi connectivity index (χ1n) is 6.41. The minimum atomic E-state index is -0.0975. The number of rotatable bonds is 4. The van der Waals surface area contributed by atoms with Crippen LogP contribution in [0.25, 0.3) is 0 Å². The third-order valence-electron chi connectivity index (χ3n) is 3.25. The number of hydrogen-bond donors (Lipinski definition) is 1. The Morgan fingerprint density at radius 2 is 2.26 bits per heavy atom. The first kappa shape index (κ1) is 14.0. The molecule has 2 rings (SSSR count). The molecule has 1 heterocycles. The van der Waals surface area contributed by atoms with E-state index >= 15 is 0 Å². The van der Waals surface area contributed by atoms with Gasteiger partial charge in [-0.15, -0.1) is 0 Å². The van der Waals surface area contributed by atoms with Crippen molar-refractivity contribution in [3.8, 4) is 0 Å². The molecule has 1 aromatic carbocycles. The van der Waals surface area contributed by atoms with E-state index in [1.807, 2.05) is 17.0 Å². The summed E-state index contributed by atoms with van der Waals surface area (Å²) < 4.78 is 0. The lowest BCUT2D eigenvalue weighted by atomic mass is 10.00. The molecule has 1 amide bonds. The third kappa shape index (κ3) is 4.04. The second-order valence-electron chi connectivity index (χ2n) is 4.80. The maximum absolute atomic E-state index is 11.9. The van der Waals surface area contributed by atoms with Gasteiger partial charge in [0.25, 0.3) is 0 Å². The number of nitrogens with zero attached hydrogens (tertiary/aromatic N) is 1.